The van der Waals surface area contributed by atoms with Crippen LogP contribution in [0.5, 0.6) is 0 Å². The molecule has 0 N–H and O–H groups in total. The van der Waals surface area contributed by atoms with Crippen molar-refractivity contribution in [1.82, 2.24) is 0 Å². The minimum absolute atomic E-state index is 0.0111. The molecule has 0 saturated heterocycles. The number of carbonyl (C=O) groups is 3. The lowest BCUT2D eigenvalue weighted by Crippen LogP contribution is -2.46. The molecule has 18 heavy (non-hydrogen) atoms. The predicted octanol–water partition coefficient (Wildman–Crippen LogP) is 2.01. The molecule has 1 rings (SSSR count). The second-order valence-electron chi connectivity index (χ2n) is 5.32. The van der Waals surface area contributed by atoms with Crippen LogP contribution in [0.2, 0.25) is 0 Å². The maximum Gasteiger partial charge on any atom is 0.316 e. The van der Waals surface area contributed by atoms with E-state index in [1.165, 1.54) is 7.11 Å². The quantitative estimate of drug-likeness (QED) is 0.568. The van der Waals surface area contributed by atoms with Crippen LogP contribution in [-0.2, 0) is 19.1 Å². The van der Waals surface area contributed by atoms with E-state index in [9.17, 15) is 14.4 Å². The van der Waals surface area contributed by atoms with Crippen LogP contribution in [0.3, 0.4) is 0 Å². The van der Waals surface area contributed by atoms with Gasteiger partial charge in [-0.25, -0.2) is 0 Å². The molecule has 3 unspecified atom stereocenters. The van der Waals surface area contributed by atoms with E-state index in [1.807, 2.05) is 20.8 Å². The van der Waals surface area contributed by atoms with Crippen LogP contribution in [-0.4, -0.2) is 24.6 Å². The van der Waals surface area contributed by atoms with Crippen LogP contribution in [0, 0.1) is 23.7 Å². The lowest BCUT2D eigenvalue weighted by Gasteiger charge is -2.33. The first kappa shape index (κ1) is 14.9. The zero-order chi connectivity index (χ0) is 13.9. The maximum atomic E-state index is 12.3. The molecule has 0 aromatic carbocycles. The Bertz CT molecular complexity index is 346. The molecule has 0 amide bonds. The number of Topliss-reactive ketones (excluding diaryl/α,β-unsaturated/α-hetero) is 2. The Hall–Kier alpha value is -1.19. The maximum absolute atomic E-state index is 12.3. The lowest BCUT2D eigenvalue weighted by molar-refractivity contribution is -0.156. The van der Waals surface area contributed by atoms with E-state index < -0.39 is 17.8 Å². The van der Waals surface area contributed by atoms with E-state index >= 15 is 0 Å². The third-order valence-electron chi connectivity index (χ3n) is 3.67. The predicted molar refractivity (Wildman–Crippen MR) is 66.9 cm³/mol. The van der Waals surface area contributed by atoms with Crippen LogP contribution in [0.15, 0.2) is 0 Å². The number of hydrogen-bond acceptors (Lipinski definition) is 4. The Kier molecular flexibility index (Phi) is 5.05. The van der Waals surface area contributed by atoms with E-state index in [1.54, 1.807) is 0 Å². The van der Waals surface area contributed by atoms with Crippen LogP contribution >= 0.6 is 0 Å². The number of rotatable bonds is 4. The van der Waals surface area contributed by atoms with Gasteiger partial charge in [0.25, 0.3) is 0 Å². The highest BCUT2D eigenvalue weighted by Crippen LogP contribution is 2.34. The van der Waals surface area contributed by atoms with Crippen molar-refractivity contribution in [1.29, 1.82) is 0 Å². The summed E-state index contributed by atoms with van der Waals surface area (Å²) in [7, 11) is 1.28. The fraction of sp³-hybridized carbons (Fsp3) is 0.786. The summed E-state index contributed by atoms with van der Waals surface area (Å²) in [6.45, 7) is 5.70. The number of esters is 1. The minimum Gasteiger partial charge on any atom is -0.468 e. The summed E-state index contributed by atoms with van der Waals surface area (Å²) in [6.07, 6.45) is 1.94. The number of methoxy groups -OCH3 is 1. The van der Waals surface area contributed by atoms with Crippen LogP contribution < -0.4 is 0 Å². The smallest absolute Gasteiger partial charge is 0.316 e. The minimum atomic E-state index is -0.753. The van der Waals surface area contributed by atoms with Crippen molar-refractivity contribution in [3.05, 3.63) is 0 Å². The van der Waals surface area contributed by atoms with Gasteiger partial charge < -0.3 is 4.74 Å². The van der Waals surface area contributed by atoms with Crippen molar-refractivity contribution in [2.75, 3.05) is 7.11 Å². The Morgan fingerprint density at radius 2 is 1.94 bits per heavy atom. The molecule has 1 fully saturated rings. The molecule has 0 bridgehead atoms. The van der Waals surface area contributed by atoms with Crippen molar-refractivity contribution in [2.45, 2.75) is 40.0 Å². The van der Waals surface area contributed by atoms with Crippen molar-refractivity contribution in [3.63, 3.8) is 0 Å². The van der Waals surface area contributed by atoms with Gasteiger partial charge >= 0.3 is 5.97 Å². The first-order chi connectivity index (χ1) is 8.43. The van der Waals surface area contributed by atoms with Gasteiger partial charge in [-0.1, -0.05) is 27.2 Å². The van der Waals surface area contributed by atoms with Crippen LogP contribution in [0.25, 0.3) is 0 Å². The van der Waals surface area contributed by atoms with Crippen molar-refractivity contribution in [2.24, 2.45) is 23.7 Å². The van der Waals surface area contributed by atoms with Gasteiger partial charge in [0.1, 0.15) is 11.7 Å². The van der Waals surface area contributed by atoms with Gasteiger partial charge in [0.05, 0.1) is 13.0 Å². The molecule has 1 aliphatic rings. The number of carbonyl (C=O) groups excluding carboxylic acids is 3. The molecule has 4 heteroatoms. The van der Waals surface area contributed by atoms with Gasteiger partial charge in [-0.05, 0) is 18.8 Å². The summed E-state index contributed by atoms with van der Waals surface area (Å²) in [5.74, 6) is -2.37. The van der Waals surface area contributed by atoms with Crippen molar-refractivity contribution < 1.29 is 19.1 Å². The monoisotopic (exact) mass is 254 g/mol. The Balaban J connectivity index is 3.00. The van der Waals surface area contributed by atoms with Gasteiger partial charge in [-0.3, -0.25) is 14.4 Å². The Morgan fingerprint density at radius 1 is 1.33 bits per heavy atom. The largest absolute Gasteiger partial charge is 0.468 e. The first-order valence-corrected chi connectivity index (χ1v) is 6.59. The second kappa shape index (κ2) is 6.12. The fourth-order valence-electron chi connectivity index (χ4n) is 2.75. The average Bonchev–Trinajstić information content (AvgIpc) is 2.31. The molecule has 3 atom stereocenters. The molecule has 1 aliphatic carbocycles. The van der Waals surface area contributed by atoms with Gasteiger partial charge in [0.15, 0.2) is 5.78 Å². The first-order valence-electron chi connectivity index (χ1n) is 6.59. The number of ether oxygens (including phenoxy) is 1. The molecule has 102 valence electrons. The summed E-state index contributed by atoms with van der Waals surface area (Å²) in [5, 5.41) is 0. The van der Waals surface area contributed by atoms with E-state index in [4.69, 9.17) is 0 Å². The SMILES string of the molecule is CCCC1CC(C(=O)OC)C(=O)C(C(C)C)C1=O. The van der Waals surface area contributed by atoms with Gasteiger partial charge in [0.2, 0.25) is 0 Å². The lowest BCUT2D eigenvalue weighted by atomic mass is 9.68. The molecule has 0 aliphatic heterocycles. The zero-order valence-corrected chi connectivity index (χ0v) is 11.6. The van der Waals surface area contributed by atoms with Gasteiger partial charge in [-0.15, -0.1) is 0 Å². The number of ketones is 2. The topological polar surface area (TPSA) is 60.4 Å². The second-order valence-corrected chi connectivity index (χ2v) is 5.32. The molecule has 0 radical (unpaired) electrons. The van der Waals surface area contributed by atoms with Crippen molar-refractivity contribution >= 4 is 17.5 Å². The molecule has 0 aromatic heterocycles. The highest BCUT2D eigenvalue weighted by Gasteiger charge is 2.46. The molecule has 1 saturated carbocycles. The van der Waals surface area contributed by atoms with E-state index in [2.05, 4.69) is 4.74 Å². The highest BCUT2D eigenvalue weighted by atomic mass is 16.5. The fourth-order valence-corrected chi connectivity index (χ4v) is 2.75. The summed E-state index contributed by atoms with van der Waals surface area (Å²) >= 11 is 0. The molecular weight excluding hydrogens is 232 g/mol. The van der Waals surface area contributed by atoms with Crippen LogP contribution in [0.1, 0.15) is 40.0 Å². The standard InChI is InChI=1S/C14H22O4/c1-5-6-9-7-10(14(17)18-4)13(16)11(8(2)3)12(9)15/h8-11H,5-7H2,1-4H3. The van der Waals surface area contributed by atoms with E-state index in [-0.39, 0.29) is 23.4 Å². The van der Waals surface area contributed by atoms with E-state index in [0.717, 1.165) is 12.8 Å². The molecule has 4 nitrogen and oxygen atoms in total. The van der Waals surface area contributed by atoms with Gasteiger partial charge in [0, 0.05) is 5.92 Å². The van der Waals surface area contributed by atoms with E-state index in [0.29, 0.717) is 6.42 Å². The molecular formula is C14H22O4. The highest BCUT2D eigenvalue weighted by molar-refractivity contribution is 6.13. The summed E-state index contributed by atoms with van der Waals surface area (Å²) in [4.78, 5) is 36.1. The molecule has 0 spiro atoms. The summed E-state index contributed by atoms with van der Waals surface area (Å²) in [5.41, 5.74) is 0. The van der Waals surface area contributed by atoms with Crippen molar-refractivity contribution in [3.8, 4) is 0 Å². The molecule has 0 heterocycles. The van der Waals surface area contributed by atoms with Crippen LogP contribution in [0.4, 0.5) is 0 Å². The Labute approximate surface area is 108 Å². The molecule has 0 aromatic rings. The third kappa shape index (κ3) is 2.79. The Morgan fingerprint density at radius 3 is 2.39 bits per heavy atom. The average molecular weight is 254 g/mol. The zero-order valence-electron chi connectivity index (χ0n) is 11.6. The van der Waals surface area contributed by atoms with Gasteiger partial charge in [-0.2, -0.15) is 0 Å². The third-order valence-corrected chi connectivity index (χ3v) is 3.67. The number of hydrogen-bond donors (Lipinski definition) is 0. The normalized spacial score (nSPS) is 28.6. The summed E-state index contributed by atoms with van der Waals surface area (Å²) < 4.78 is 4.68. The summed E-state index contributed by atoms with van der Waals surface area (Å²) in [6, 6.07) is 0.